The molecule has 0 aliphatic heterocycles. The molecular weight excluding hydrogens is 235 g/mol. The summed E-state index contributed by atoms with van der Waals surface area (Å²) in [7, 11) is 0. The Balaban J connectivity index is 2.10. The van der Waals surface area contributed by atoms with Crippen LogP contribution in [0.3, 0.4) is 0 Å². The molecule has 0 fully saturated rings. The average Bonchev–Trinajstić information content (AvgIpc) is 2.80. The summed E-state index contributed by atoms with van der Waals surface area (Å²) in [5, 5.41) is 0. The molecule has 5 nitrogen and oxygen atoms in total. The molecule has 0 spiro atoms. The average molecular weight is 244 g/mol. The number of nitrogens with two attached hydrogens (primary N) is 1. The Kier molecular flexibility index (Phi) is 2.33. The van der Waals surface area contributed by atoms with Gasteiger partial charge in [-0.2, -0.15) is 4.98 Å². The van der Waals surface area contributed by atoms with Crippen LogP contribution < -0.4 is 10.5 Å². The van der Waals surface area contributed by atoms with Crippen molar-refractivity contribution < 1.29 is 9.13 Å². The molecule has 0 saturated carbocycles. The van der Waals surface area contributed by atoms with E-state index < -0.39 is 5.82 Å². The van der Waals surface area contributed by atoms with Crippen molar-refractivity contribution in [3.63, 3.8) is 0 Å². The van der Waals surface area contributed by atoms with Crippen molar-refractivity contribution in [3.8, 4) is 11.6 Å². The van der Waals surface area contributed by atoms with E-state index in [2.05, 4.69) is 9.97 Å². The smallest absolute Gasteiger partial charge is 0.265 e. The molecule has 0 aliphatic carbocycles. The molecule has 1 aromatic carbocycles. The van der Waals surface area contributed by atoms with E-state index in [1.165, 1.54) is 12.1 Å². The first-order valence-corrected chi connectivity index (χ1v) is 5.25. The number of benzene rings is 1. The van der Waals surface area contributed by atoms with Crippen LogP contribution in [0, 0.1) is 5.82 Å². The van der Waals surface area contributed by atoms with E-state index in [1.807, 2.05) is 0 Å². The minimum absolute atomic E-state index is 0.0838. The van der Waals surface area contributed by atoms with Gasteiger partial charge in [0.15, 0.2) is 11.6 Å². The lowest BCUT2D eigenvalue weighted by Crippen LogP contribution is -1.99. The monoisotopic (exact) mass is 244 g/mol. The van der Waals surface area contributed by atoms with Crippen molar-refractivity contribution in [1.82, 2.24) is 14.4 Å². The van der Waals surface area contributed by atoms with Crippen molar-refractivity contribution in [2.75, 3.05) is 5.73 Å². The molecule has 2 heterocycles. The molecule has 3 rings (SSSR count). The van der Waals surface area contributed by atoms with Crippen LogP contribution in [0.4, 0.5) is 10.2 Å². The van der Waals surface area contributed by atoms with Gasteiger partial charge in [-0.1, -0.05) is 12.1 Å². The number of rotatable bonds is 2. The highest BCUT2D eigenvalue weighted by Crippen LogP contribution is 2.26. The predicted molar refractivity (Wildman–Crippen MR) is 63.9 cm³/mol. The van der Waals surface area contributed by atoms with Crippen LogP contribution in [-0.4, -0.2) is 14.4 Å². The van der Waals surface area contributed by atoms with Gasteiger partial charge in [-0.25, -0.2) is 9.37 Å². The van der Waals surface area contributed by atoms with Crippen LogP contribution in [0.2, 0.25) is 0 Å². The largest absolute Gasteiger partial charge is 0.433 e. The maximum absolute atomic E-state index is 13.5. The fourth-order valence-electron chi connectivity index (χ4n) is 1.62. The molecular formula is C12H9FN4O. The molecule has 90 valence electrons. The zero-order valence-corrected chi connectivity index (χ0v) is 9.25. The van der Waals surface area contributed by atoms with Crippen LogP contribution in [0.15, 0.2) is 42.9 Å². The molecule has 0 aliphatic rings. The number of halogens is 1. The quantitative estimate of drug-likeness (QED) is 0.750. The maximum Gasteiger partial charge on any atom is 0.265 e. The SMILES string of the molecule is Nc1cn2ccnc2c(Oc2ccccc2F)n1. The van der Waals surface area contributed by atoms with Crippen molar-refractivity contribution >= 4 is 11.5 Å². The number of aromatic nitrogens is 3. The highest BCUT2D eigenvalue weighted by molar-refractivity contribution is 5.54. The number of para-hydroxylation sites is 1. The van der Waals surface area contributed by atoms with Crippen molar-refractivity contribution in [1.29, 1.82) is 0 Å². The van der Waals surface area contributed by atoms with Gasteiger partial charge < -0.3 is 10.5 Å². The van der Waals surface area contributed by atoms with E-state index in [0.29, 0.717) is 5.65 Å². The van der Waals surface area contributed by atoms with Crippen LogP contribution >= 0.6 is 0 Å². The predicted octanol–water partition coefficient (Wildman–Crippen LogP) is 2.24. The third-order valence-corrected chi connectivity index (χ3v) is 2.41. The number of hydrogen-bond acceptors (Lipinski definition) is 4. The molecule has 2 aromatic heterocycles. The Bertz CT molecular complexity index is 710. The molecule has 6 heteroatoms. The first kappa shape index (κ1) is 10.5. The van der Waals surface area contributed by atoms with E-state index in [4.69, 9.17) is 10.5 Å². The van der Waals surface area contributed by atoms with Gasteiger partial charge in [0.1, 0.15) is 5.82 Å². The normalized spacial score (nSPS) is 10.7. The number of nitrogen functional groups attached to an aromatic ring is 1. The third kappa shape index (κ3) is 1.73. The maximum atomic E-state index is 13.5. The summed E-state index contributed by atoms with van der Waals surface area (Å²) in [6.45, 7) is 0. The van der Waals surface area contributed by atoms with Crippen LogP contribution in [0.1, 0.15) is 0 Å². The zero-order chi connectivity index (χ0) is 12.5. The number of hydrogen-bond donors (Lipinski definition) is 1. The van der Waals surface area contributed by atoms with E-state index in [1.54, 1.807) is 35.1 Å². The molecule has 0 bridgehead atoms. The topological polar surface area (TPSA) is 65.4 Å². The fourth-order valence-corrected chi connectivity index (χ4v) is 1.62. The summed E-state index contributed by atoms with van der Waals surface area (Å²) in [4.78, 5) is 8.10. The number of nitrogens with zero attached hydrogens (tertiary/aromatic N) is 3. The molecule has 0 unspecified atom stereocenters. The lowest BCUT2D eigenvalue weighted by molar-refractivity contribution is 0.430. The summed E-state index contributed by atoms with van der Waals surface area (Å²) in [6, 6.07) is 6.08. The van der Waals surface area contributed by atoms with Crippen LogP contribution in [0.25, 0.3) is 5.65 Å². The minimum atomic E-state index is -0.466. The summed E-state index contributed by atoms with van der Waals surface area (Å²) >= 11 is 0. The van der Waals surface area contributed by atoms with Gasteiger partial charge in [-0.05, 0) is 12.1 Å². The fraction of sp³-hybridized carbons (Fsp3) is 0. The number of ether oxygens (including phenoxy) is 1. The van der Waals surface area contributed by atoms with Gasteiger partial charge in [0, 0.05) is 12.4 Å². The first-order chi connectivity index (χ1) is 8.74. The molecule has 0 atom stereocenters. The Morgan fingerprint density at radius 2 is 2.11 bits per heavy atom. The second-order valence-corrected chi connectivity index (χ2v) is 3.66. The summed E-state index contributed by atoms with van der Waals surface area (Å²) in [5.74, 6) is 0.0591. The van der Waals surface area contributed by atoms with Crippen LogP contribution in [-0.2, 0) is 0 Å². The van der Waals surface area contributed by atoms with Gasteiger partial charge >= 0.3 is 0 Å². The number of fused-ring (bicyclic) bond motifs is 1. The zero-order valence-electron chi connectivity index (χ0n) is 9.25. The molecule has 18 heavy (non-hydrogen) atoms. The summed E-state index contributed by atoms with van der Waals surface area (Å²) < 4.78 is 20.6. The summed E-state index contributed by atoms with van der Waals surface area (Å²) in [6.07, 6.45) is 4.91. The number of imidazole rings is 1. The van der Waals surface area contributed by atoms with Gasteiger partial charge in [0.2, 0.25) is 5.65 Å². The Labute approximate surface area is 102 Å². The summed E-state index contributed by atoms with van der Waals surface area (Å²) in [5.41, 5.74) is 6.12. The van der Waals surface area contributed by atoms with Crippen LogP contribution in [0.5, 0.6) is 11.6 Å². The lowest BCUT2D eigenvalue weighted by Gasteiger charge is -2.07. The molecule has 0 radical (unpaired) electrons. The standard InChI is InChI=1S/C12H9FN4O/c13-8-3-1-2-4-9(8)18-12-11-15-5-6-17(11)7-10(14)16-12/h1-7H,14H2. The van der Waals surface area contributed by atoms with E-state index in [-0.39, 0.29) is 17.4 Å². The second-order valence-electron chi connectivity index (χ2n) is 3.66. The van der Waals surface area contributed by atoms with E-state index >= 15 is 0 Å². The highest BCUT2D eigenvalue weighted by Gasteiger charge is 2.10. The van der Waals surface area contributed by atoms with Crippen molar-refractivity contribution in [3.05, 3.63) is 48.7 Å². The van der Waals surface area contributed by atoms with Gasteiger partial charge in [-0.3, -0.25) is 4.40 Å². The Hall–Kier alpha value is -2.63. The molecule has 0 saturated heterocycles. The highest BCUT2D eigenvalue weighted by atomic mass is 19.1. The second kappa shape index (κ2) is 3.99. The Morgan fingerprint density at radius 1 is 1.28 bits per heavy atom. The number of anilines is 1. The first-order valence-electron chi connectivity index (χ1n) is 5.25. The van der Waals surface area contributed by atoms with E-state index in [0.717, 1.165) is 0 Å². The van der Waals surface area contributed by atoms with Crippen molar-refractivity contribution in [2.45, 2.75) is 0 Å². The van der Waals surface area contributed by atoms with Gasteiger partial charge in [0.25, 0.3) is 5.88 Å². The third-order valence-electron chi connectivity index (χ3n) is 2.41. The van der Waals surface area contributed by atoms with Gasteiger partial charge in [0.05, 0.1) is 6.20 Å². The minimum Gasteiger partial charge on any atom is -0.433 e. The lowest BCUT2D eigenvalue weighted by atomic mass is 10.3. The molecule has 3 aromatic rings. The molecule has 2 N–H and O–H groups in total. The molecule has 0 amide bonds. The van der Waals surface area contributed by atoms with Crippen molar-refractivity contribution in [2.24, 2.45) is 0 Å². The Morgan fingerprint density at radius 3 is 2.94 bits per heavy atom. The van der Waals surface area contributed by atoms with E-state index in [9.17, 15) is 4.39 Å². The van der Waals surface area contributed by atoms with Gasteiger partial charge in [-0.15, -0.1) is 0 Å².